The van der Waals surface area contributed by atoms with Gasteiger partial charge in [0.05, 0.1) is 31.0 Å². The third kappa shape index (κ3) is 2.14. The summed E-state index contributed by atoms with van der Waals surface area (Å²) in [6.07, 6.45) is 6.76. The van der Waals surface area contributed by atoms with Crippen molar-refractivity contribution >= 4 is 0 Å². The first-order valence-corrected chi connectivity index (χ1v) is 5.71. The fourth-order valence-corrected chi connectivity index (χ4v) is 2.29. The summed E-state index contributed by atoms with van der Waals surface area (Å²) in [7, 11) is 0. The van der Waals surface area contributed by atoms with E-state index < -0.39 is 5.60 Å². The summed E-state index contributed by atoms with van der Waals surface area (Å²) < 4.78 is 10.3. The van der Waals surface area contributed by atoms with Crippen LogP contribution in [0, 0.1) is 5.92 Å². The number of aliphatic hydroxyl groups excluding tert-OH is 1. The van der Waals surface area contributed by atoms with E-state index in [0.29, 0.717) is 6.42 Å². The van der Waals surface area contributed by atoms with E-state index in [1.165, 1.54) is 0 Å². The highest BCUT2D eigenvalue weighted by Gasteiger charge is 2.43. The zero-order valence-corrected chi connectivity index (χ0v) is 9.00. The highest BCUT2D eigenvalue weighted by atomic mass is 16.6. The second-order valence-corrected chi connectivity index (χ2v) is 4.87. The minimum absolute atomic E-state index is 0.0748. The van der Waals surface area contributed by atoms with Gasteiger partial charge in [-0.05, 0) is 24.6 Å². The SMILES string of the molecule is OC1=CC(CC2CO2)C(O)(CC2CO2)C=C1. The van der Waals surface area contributed by atoms with Crippen LogP contribution in [0.4, 0.5) is 0 Å². The molecule has 0 radical (unpaired) electrons. The second-order valence-electron chi connectivity index (χ2n) is 4.87. The lowest BCUT2D eigenvalue weighted by molar-refractivity contribution is 0.0224. The summed E-state index contributed by atoms with van der Waals surface area (Å²) in [4.78, 5) is 0. The maximum Gasteiger partial charge on any atom is 0.111 e. The number of epoxide rings is 2. The standard InChI is InChI=1S/C12H16O4/c13-9-1-2-12(14,5-11-7-16-11)8(3-9)4-10-6-15-10/h1-3,8,10-11,13-14H,4-7H2. The van der Waals surface area contributed by atoms with Gasteiger partial charge in [-0.3, -0.25) is 0 Å². The van der Waals surface area contributed by atoms with Crippen LogP contribution in [0.2, 0.25) is 0 Å². The predicted molar refractivity (Wildman–Crippen MR) is 57.0 cm³/mol. The zero-order chi connectivity index (χ0) is 11.2. The maximum absolute atomic E-state index is 10.6. The Kier molecular flexibility index (Phi) is 2.31. The molecule has 2 N–H and O–H groups in total. The van der Waals surface area contributed by atoms with Gasteiger partial charge in [0.15, 0.2) is 0 Å². The molecule has 2 heterocycles. The molecule has 0 amide bonds. The molecule has 1 aliphatic carbocycles. The summed E-state index contributed by atoms with van der Waals surface area (Å²) in [6.45, 7) is 1.50. The Bertz CT molecular complexity index is 341. The van der Waals surface area contributed by atoms with Crippen LogP contribution in [0.3, 0.4) is 0 Å². The fourth-order valence-electron chi connectivity index (χ4n) is 2.29. The van der Waals surface area contributed by atoms with Gasteiger partial charge in [-0.15, -0.1) is 0 Å². The zero-order valence-electron chi connectivity index (χ0n) is 9.00. The molecular formula is C12H16O4. The van der Waals surface area contributed by atoms with Gasteiger partial charge in [0, 0.05) is 12.3 Å². The summed E-state index contributed by atoms with van der Waals surface area (Å²) in [6, 6.07) is 0. The van der Waals surface area contributed by atoms with Crippen molar-refractivity contribution in [3.8, 4) is 0 Å². The third-order valence-electron chi connectivity index (χ3n) is 3.43. The summed E-state index contributed by atoms with van der Waals surface area (Å²) in [5.41, 5.74) is -0.890. The monoisotopic (exact) mass is 224 g/mol. The molecule has 2 saturated heterocycles. The molecule has 0 spiro atoms. The van der Waals surface area contributed by atoms with E-state index in [9.17, 15) is 10.2 Å². The van der Waals surface area contributed by atoms with Crippen LogP contribution in [0.15, 0.2) is 24.0 Å². The smallest absolute Gasteiger partial charge is 0.111 e. The highest BCUT2D eigenvalue weighted by molar-refractivity contribution is 5.26. The van der Waals surface area contributed by atoms with E-state index in [0.717, 1.165) is 19.6 Å². The van der Waals surface area contributed by atoms with Crippen LogP contribution >= 0.6 is 0 Å². The number of rotatable bonds is 4. The Morgan fingerprint density at radius 2 is 2.00 bits per heavy atom. The molecule has 3 aliphatic rings. The largest absolute Gasteiger partial charge is 0.508 e. The molecule has 4 nitrogen and oxygen atoms in total. The fraction of sp³-hybridized carbons (Fsp3) is 0.667. The van der Waals surface area contributed by atoms with E-state index in [1.54, 1.807) is 18.2 Å². The molecule has 0 aromatic rings. The predicted octanol–water partition coefficient (Wildman–Crippen LogP) is 0.923. The first-order chi connectivity index (χ1) is 7.66. The Morgan fingerprint density at radius 3 is 2.62 bits per heavy atom. The van der Waals surface area contributed by atoms with Crippen molar-refractivity contribution in [1.82, 2.24) is 0 Å². The molecule has 88 valence electrons. The third-order valence-corrected chi connectivity index (χ3v) is 3.43. The van der Waals surface area contributed by atoms with Gasteiger partial charge >= 0.3 is 0 Å². The quantitative estimate of drug-likeness (QED) is 0.697. The maximum atomic E-state index is 10.6. The van der Waals surface area contributed by atoms with Crippen LogP contribution < -0.4 is 0 Å². The topological polar surface area (TPSA) is 65.5 Å². The van der Waals surface area contributed by atoms with Gasteiger partial charge in [0.25, 0.3) is 0 Å². The van der Waals surface area contributed by atoms with E-state index >= 15 is 0 Å². The summed E-state index contributed by atoms with van der Waals surface area (Å²) in [5.74, 6) is 0.154. The molecule has 2 aliphatic heterocycles. The lowest BCUT2D eigenvalue weighted by atomic mass is 9.77. The molecule has 0 aromatic heterocycles. The number of hydrogen-bond donors (Lipinski definition) is 2. The number of ether oxygens (including phenoxy) is 2. The molecule has 2 fully saturated rings. The summed E-state index contributed by atoms with van der Waals surface area (Å²) >= 11 is 0. The van der Waals surface area contributed by atoms with E-state index in [4.69, 9.17) is 9.47 Å². The van der Waals surface area contributed by atoms with Gasteiger partial charge in [0.1, 0.15) is 5.76 Å². The van der Waals surface area contributed by atoms with Crippen molar-refractivity contribution in [1.29, 1.82) is 0 Å². The molecular weight excluding hydrogens is 208 g/mol. The van der Waals surface area contributed by atoms with Crippen LogP contribution in [0.1, 0.15) is 12.8 Å². The van der Waals surface area contributed by atoms with Crippen molar-refractivity contribution < 1.29 is 19.7 Å². The molecule has 16 heavy (non-hydrogen) atoms. The molecule has 4 unspecified atom stereocenters. The molecule has 3 rings (SSSR count). The Hall–Kier alpha value is -0.840. The molecule has 0 saturated carbocycles. The Morgan fingerprint density at radius 1 is 1.31 bits per heavy atom. The molecule has 0 aromatic carbocycles. The lowest BCUT2D eigenvalue weighted by Gasteiger charge is -2.33. The summed E-state index contributed by atoms with van der Waals surface area (Å²) in [5, 5.41) is 20.0. The van der Waals surface area contributed by atoms with Gasteiger partial charge in [-0.1, -0.05) is 0 Å². The van der Waals surface area contributed by atoms with Gasteiger partial charge in [0.2, 0.25) is 0 Å². The average Bonchev–Trinajstić information content (AvgIpc) is 3.07. The van der Waals surface area contributed by atoms with Crippen molar-refractivity contribution in [2.24, 2.45) is 5.92 Å². The Labute approximate surface area is 94.2 Å². The first-order valence-electron chi connectivity index (χ1n) is 5.71. The second kappa shape index (κ2) is 3.58. The Balaban J connectivity index is 1.74. The molecule has 0 bridgehead atoms. The lowest BCUT2D eigenvalue weighted by Crippen LogP contribution is -2.39. The molecule has 4 atom stereocenters. The van der Waals surface area contributed by atoms with E-state index in [2.05, 4.69) is 0 Å². The van der Waals surface area contributed by atoms with Crippen molar-refractivity contribution in [3.63, 3.8) is 0 Å². The minimum atomic E-state index is -0.890. The number of hydrogen-bond acceptors (Lipinski definition) is 4. The van der Waals surface area contributed by atoms with Crippen LogP contribution in [-0.2, 0) is 9.47 Å². The molecule has 4 heteroatoms. The van der Waals surface area contributed by atoms with Crippen LogP contribution in [-0.4, -0.2) is 41.2 Å². The normalized spacial score (nSPS) is 45.3. The van der Waals surface area contributed by atoms with Gasteiger partial charge in [-0.2, -0.15) is 0 Å². The van der Waals surface area contributed by atoms with Crippen molar-refractivity contribution in [2.45, 2.75) is 30.7 Å². The van der Waals surface area contributed by atoms with E-state index in [-0.39, 0.29) is 23.9 Å². The van der Waals surface area contributed by atoms with Crippen molar-refractivity contribution in [2.75, 3.05) is 13.2 Å². The first kappa shape index (κ1) is 10.3. The minimum Gasteiger partial charge on any atom is -0.508 e. The number of aliphatic hydroxyl groups is 2. The van der Waals surface area contributed by atoms with E-state index in [1.807, 2.05) is 0 Å². The average molecular weight is 224 g/mol. The number of allylic oxidation sites excluding steroid dienone is 1. The highest BCUT2D eigenvalue weighted by Crippen LogP contribution is 2.38. The van der Waals surface area contributed by atoms with Gasteiger partial charge in [-0.25, -0.2) is 0 Å². The van der Waals surface area contributed by atoms with Crippen molar-refractivity contribution in [3.05, 3.63) is 24.0 Å². The van der Waals surface area contributed by atoms with Crippen LogP contribution in [0.25, 0.3) is 0 Å². The van der Waals surface area contributed by atoms with Gasteiger partial charge < -0.3 is 19.7 Å². The van der Waals surface area contributed by atoms with Crippen LogP contribution in [0.5, 0.6) is 0 Å².